The average molecular weight is 253 g/mol. The van der Waals surface area contributed by atoms with Gasteiger partial charge in [-0.3, -0.25) is 9.59 Å². The lowest BCUT2D eigenvalue weighted by Crippen LogP contribution is -2.16. The summed E-state index contributed by atoms with van der Waals surface area (Å²) in [7, 11) is 1.43. The highest BCUT2D eigenvalue weighted by Gasteiger charge is 2.14. The van der Waals surface area contributed by atoms with Crippen LogP contribution in [0.1, 0.15) is 5.69 Å². The van der Waals surface area contributed by atoms with Crippen LogP contribution < -0.4 is 5.43 Å². The van der Waals surface area contributed by atoms with Crippen LogP contribution in [0, 0.1) is 11.6 Å². The summed E-state index contributed by atoms with van der Waals surface area (Å²) in [4.78, 5) is 22.3. The zero-order valence-corrected chi connectivity index (χ0v) is 9.41. The fourth-order valence-electron chi connectivity index (χ4n) is 1.89. The van der Waals surface area contributed by atoms with Gasteiger partial charge in [0, 0.05) is 24.9 Å². The van der Waals surface area contributed by atoms with Crippen LogP contribution in [0.4, 0.5) is 8.78 Å². The zero-order chi connectivity index (χ0) is 13.4. The van der Waals surface area contributed by atoms with Crippen molar-refractivity contribution in [3.8, 4) is 0 Å². The van der Waals surface area contributed by atoms with Gasteiger partial charge in [-0.2, -0.15) is 0 Å². The molecule has 2 aromatic rings. The van der Waals surface area contributed by atoms with Crippen LogP contribution in [-0.4, -0.2) is 15.6 Å². The van der Waals surface area contributed by atoms with Crippen molar-refractivity contribution in [3.05, 3.63) is 45.8 Å². The van der Waals surface area contributed by atoms with Crippen molar-refractivity contribution in [2.45, 2.75) is 6.42 Å². The van der Waals surface area contributed by atoms with Gasteiger partial charge >= 0.3 is 5.97 Å². The monoisotopic (exact) mass is 253 g/mol. The number of benzene rings is 1. The molecule has 0 bridgehead atoms. The molecule has 0 atom stereocenters. The summed E-state index contributed by atoms with van der Waals surface area (Å²) in [5.74, 6) is -2.87. The molecule has 6 heteroatoms. The number of nitrogens with zero attached hydrogens (tertiary/aromatic N) is 1. The fraction of sp³-hybridized carbons (Fsp3) is 0.167. The molecule has 0 amide bonds. The fourth-order valence-corrected chi connectivity index (χ4v) is 1.89. The molecular formula is C12H9F2NO3. The van der Waals surface area contributed by atoms with Crippen LogP contribution in [-0.2, 0) is 18.3 Å². The van der Waals surface area contributed by atoms with Crippen LogP contribution in [0.25, 0.3) is 10.9 Å². The highest BCUT2D eigenvalue weighted by molar-refractivity contribution is 5.81. The smallest absolute Gasteiger partial charge is 0.309 e. The first-order valence-electron chi connectivity index (χ1n) is 5.09. The molecule has 1 heterocycles. The van der Waals surface area contributed by atoms with Gasteiger partial charge in [-0.25, -0.2) is 8.78 Å². The maximum absolute atomic E-state index is 13.7. The molecule has 94 valence electrons. The molecule has 1 aromatic carbocycles. The lowest BCUT2D eigenvalue weighted by molar-refractivity contribution is -0.136. The van der Waals surface area contributed by atoms with Gasteiger partial charge in [-0.1, -0.05) is 0 Å². The van der Waals surface area contributed by atoms with E-state index in [9.17, 15) is 18.4 Å². The zero-order valence-electron chi connectivity index (χ0n) is 9.41. The lowest BCUT2D eigenvalue weighted by Gasteiger charge is -2.11. The van der Waals surface area contributed by atoms with Gasteiger partial charge in [-0.05, 0) is 6.07 Å². The van der Waals surface area contributed by atoms with Crippen LogP contribution >= 0.6 is 0 Å². The highest BCUT2D eigenvalue weighted by Crippen LogP contribution is 2.18. The first kappa shape index (κ1) is 12.2. The Balaban J connectivity index is 2.86. The minimum Gasteiger partial charge on any atom is -0.481 e. The Kier molecular flexibility index (Phi) is 2.86. The summed E-state index contributed by atoms with van der Waals surface area (Å²) in [6, 6.07) is 2.67. The minimum atomic E-state index is -1.13. The van der Waals surface area contributed by atoms with Gasteiger partial charge < -0.3 is 9.67 Å². The number of rotatable bonds is 2. The molecule has 0 aliphatic heterocycles. The first-order valence-corrected chi connectivity index (χ1v) is 5.09. The van der Waals surface area contributed by atoms with E-state index in [0.29, 0.717) is 6.07 Å². The third kappa shape index (κ3) is 1.97. The Bertz CT molecular complexity index is 707. The van der Waals surface area contributed by atoms with Crippen molar-refractivity contribution in [3.63, 3.8) is 0 Å². The maximum Gasteiger partial charge on any atom is 0.309 e. The number of fused-ring (bicyclic) bond motifs is 1. The third-order valence-electron chi connectivity index (χ3n) is 2.69. The van der Waals surface area contributed by atoms with E-state index in [-0.39, 0.29) is 16.6 Å². The van der Waals surface area contributed by atoms with E-state index in [1.165, 1.54) is 11.6 Å². The van der Waals surface area contributed by atoms with Crippen LogP contribution in [0.15, 0.2) is 23.0 Å². The Hall–Kier alpha value is -2.24. The number of carboxylic acid groups (broad SMARTS) is 1. The molecule has 0 unspecified atom stereocenters. The molecule has 1 aromatic heterocycles. The molecule has 0 aliphatic rings. The van der Waals surface area contributed by atoms with Crippen molar-refractivity contribution >= 4 is 16.9 Å². The van der Waals surface area contributed by atoms with Crippen molar-refractivity contribution in [1.82, 2.24) is 4.57 Å². The number of aromatic nitrogens is 1. The molecule has 0 saturated carbocycles. The second-order valence-electron chi connectivity index (χ2n) is 3.91. The number of hydrogen-bond acceptors (Lipinski definition) is 2. The van der Waals surface area contributed by atoms with Crippen LogP contribution in [0.5, 0.6) is 0 Å². The molecular weight excluding hydrogens is 244 g/mol. The average Bonchev–Trinajstić information content (AvgIpc) is 2.24. The molecule has 0 fully saturated rings. The predicted molar refractivity (Wildman–Crippen MR) is 60.4 cm³/mol. The molecule has 1 N–H and O–H groups in total. The number of halogens is 2. The van der Waals surface area contributed by atoms with Gasteiger partial charge in [0.1, 0.15) is 11.6 Å². The van der Waals surface area contributed by atoms with Crippen LogP contribution in [0.2, 0.25) is 0 Å². The number of carboxylic acids is 1. The Labute approximate surface area is 100 Å². The first-order chi connectivity index (χ1) is 8.40. The maximum atomic E-state index is 13.7. The van der Waals surface area contributed by atoms with Crippen molar-refractivity contribution in [2.24, 2.45) is 7.05 Å². The molecule has 0 saturated heterocycles. The molecule has 0 radical (unpaired) electrons. The second-order valence-corrected chi connectivity index (χ2v) is 3.91. The van der Waals surface area contributed by atoms with Gasteiger partial charge in [0.25, 0.3) is 0 Å². The van der Waals surface area contributed by atoms with Crippen LogP contribution in [0.3, 0.4) is 0 Å². The third-order valence-corrected chi connectivity index (χ3v) is 2.69. The van der Waals surface area contributed by atoms with Crippen molar-refractivity contribution in [1.29, 1.82) is 0 Å². The summed E-state index contributed by atoms with van der Waals surface area (Å²) >= 11 is 0. The van der Waals surface area contributed by atoms with Crippen molar-refractivity contribution < 1.29 is 18.7 Å². The lowest BCUT2D eigenvalue weighted by atomic mass is 10.1. The summed E-state index contributed by atoms with van der Waals surface area (Å²) in [5, 5.41) is 8.59. The number of carbonyl (C=O) groups is 1. The number of hydrogen-bond donors (Lipinski definition) is 1. The normalized spacial score (nSPS) is 10.8. The number of pyridine rings is 1. The summed E-state index contributed by atoms with van der Waals surface area (Å²) < 4.78 is 27.9. The van der Waals surface area contributed by atoms with E-state index in [1.807, 2.05) is 0 Å². The topological polar surface area (TPSA) is 59.3 Å². The van der Waals surface area contributed by atoms with E-state index in [4.69, 9.17) is 5.11 Å². The number of aliphatic carboxylic acids is 1. The van der Waals surface area contributed by atoms with E-state index in [1.54, 1.807) is 0 Å². The molecule has 0 spiro atoms. The summed E-state index contributed by atoms with van der Waals surface area (Å²) in [5.41, 5.74) is -0.539. The highest BCUT2D eigenvalue weighted by atomic mass is 19.1. The molecule has 4 nitrogen and oxygen atoms in total. The quantitative estimate of drug-likeness (QED) is 0.881. The van der Waals surface area contributed by atoms with Gasteiger partial charge in [0.15, 0.2) is 5.43 Å². The molecule has 0 aliphatic carbocycles. The SMILES string of the molecule is Cn1c(CC(=O)O)cc(=O)c2cc(F)cc(F)c21. The Morgan fingerprint density at radius 3 is 2.61 bits per heavy atom. The van der Waals surface area contributed by atoms with E-state index in [0.717, 1.165) is 12.1 Å². The second kappa shape index (κ2) is 4.21. The van der Waals surface area contributed by atoms with E-state index >= 15 is 0 Å². The Morgan fingerprint density at radius 1 is 1.33 bits per heavy atom. The standard InChI is InChI=1S/C12H9F2NO3/c1-15-7(5-11(17)18)4-10(16)8-2-6(13)3-9(14)12(8)15/h2-4H,5H2,1H3,(H,17,18). The van der Waals surface area contributed by atoms with Crippen molar-refractivity contribution in [2.75, 3.05) is 0 Å². The summed E-state index contributed by atoms with van der Waals surface area (Å²) in [6.45, 7) is 0. The minimum absolute atomic E-state index is 0.0971. The summed E-state index contributed by atoms with van der Waals surface area (Å²) in [6.07, 6.45) is -0.404. The largest absolute Gasteiger partial charge is 0.481 e. The molecule has 18 heavy (non-hydrogen) atoms. The molecule has 2 rings (SSSR count). The van der Waals surface area contributed by atoms with Gasteiger partial charge in [-0.15, -0.1) is 0 Å². The number of aryl methyl sites for hydroxylation is 1. The van der Waals surface area contributed by atoms with E-state index < -0.39 is 29.5 Å². The van der Waals surface area contributed by atoms with Gasteiger partial charge in [0.05, 0.1) is 17.3 Å². The Morgan fingerprint density at radius 2 is 2.00 bits per heavy atom. The van der Waals surface area contributed by atoms with E-state index in [2.05, 4.69) is 0 Å². The predicted octanol–water partition coefficient (Wildman–Crippen LogP) is 1.44. The van der Waals surface area contributed by atoms with Gasteiger partial charge in [0.2, 0.25) is 0 Å².